The second-order valence-corrected chi connectivity index (χ2v) is 9.26. The minimum atomic E-state index is -4.12. The van der Waals surface area contributed by atoms with Gasteiger partial charge in [0, 0.05) is 13.1 Å². The summed E-state index contributed by atoms with van der Waals surface area (Å²) >= 11 is 12.4. The van der Waals surface area contributed by atoms with Gasteiger partial charge in [-0.25, -0.2) is 13.2 Å². The topological polar surface area (TPSA) is 84.9 Å². The number of esters is 1. The van der Waals surface area contributed by atoms with Crippen molar-refractivity contribution >= 4 is 50.6 Å². The van der Waals surface area contributed by atoms with Crippen LogP contribution in [-0.2, 0) is 14.8 Å². The Kier molecular flexibility index (Phi) is 7.00. The van der Waals surface area contributed by atoms with Crippen molar-refractivity contribution in [3.8, 4) is 5.75 Å². The standard InChI is InChI=1S/C20H22Cl2N2O5S/c1-28-18-7-6-13(20(25)29-2)10-19(18)30(26,27)23-16-11-14(21)15(22)12-17(16)24-8-4-3-5-9-24/h6-7,10-12,23H,3-5,8-9H2,1-2H3. The molecule has 0 bridgehead atoms. The summed E-state index contributed by atoms with van der Waals surface area (Å²) in [6, 6.07) is 7.20. The fraction of sp³-hybridized carbons (Fsp3) is 0.350. The first-order chi connectivity index (χ1) is 14.3. The van der Waals surface area contributed by atoms with Crippen molar-refractivity contribution in [1.82, 2.24) is 0 Å². The van der Waals surface area contributed by atoms with Crippen molar-refractivity contribution in [2.75, 3.05) is 36.9 Å². The number of hydrogen-bond donors (Lipinski definition) is 1. The van der Waals surface area contributed by atoms with Crippen LogP contribution in [0.25, 0.3) is 0 Å². The zero-order chi connectivity index (χ0) is 21.9. The number of sulfonamides is 1. The molecule has 1 N–H and O–H groups in total. The summed E-state index contributed by atoms with van der Waals surface area (Å²) in [5.41, 5.74) is 1.04. The van der Waals surface area contributed by atoms with Crippen LogP contribution in [0, 0.1) is 0 Å². The molecule has 0 unspecified atom stereocenters. The number of hydrogen-bond acceptors (Lipinski definition) is 6. The molecule has 1 fully saturated rings. The van der Waals surface area contributed by atoms with Crippen LogP contribution in [0.5, 0.6) is 5.75 Å². The van der Waals surface area contributed by atoms with Gasteiger partial charge in [0.1, 0.15) is 10.6 Å². The molecular formula is C20H22Cl2N2O5S. The van der Waals surface area contributed by atoms with E-state index in [1.165, 1.54) is 38.5 Å². The number of halogens is 2. The van der Waals surface area contributed by atoms with Gasteiger partial charge in [0.05, 0.1) is 41.2 Å². The highest BCUT2D eigenvalue weighted by Crippen LogP contribution is 2.38. The quantitative estimate of drug-likeness (QED) is 0.619. The van der Waals surface area contributed by atoms with Gasteiger partial charge in [0.25, 0.3) is 10.0 Å². The Bertz CT molecular complexity index is 1050. The molecule has 1 saturated heterocycles. The van der Waals surface area contributed by atoms with Crippen molar-refractivity contribution in [3.05, 3.63) is 45.9 Å². The van der Waals surface area contributed by atoms with E-state index < -0.39 is 16.0 Å². The van der Waals surface area contributed by atoms with Crippen molar-refractivity contribution < 1.29 is 22.7 Å². The molecule has 0 atom stereocenters. The maximum absolute atomic E-state index is 13.2. The molecule has 1 heterocycles. The summed E-state index contributed by atoms with van der Waals surface area (Å²) in [6.07, 6.45) is 3.12. The third kappa shape index (κ3) is 4.77. The monoisotopic (exact) mass is 472 g/mol. The number of piperidine rings is 1. The second-order valence-electron chi connectivity index (χ2n) is 6.79. The summed E-state index contributed by atoms with van der Waals surface area (Å²) in [7, 11) is -1.55. The smallest absolute Gasteiger partial charge is 0.337 e. The van der Waals surface area contributed by atoms with Gasteiger partial charge < -0.3 is 14.4 Å². The number of rotatable bonds is 6. The maximum atomic E-state index is 13.2. The zero-order valence-electron chi connectivity index (χ0n) is 16.6. The zero-order valence-corrected chi connectivity index (χ0v) is 18.9. The SMILES string of the molecule is COC(=O)c1ccc(OC)c(S(=O)(=O)Nc2cc(Cl)c(Cl)cc2N2CCCCC2)c1. The second kappa shape index (κ2) is 9.32. The van der Waals surface area contributed by atoms with Crippen molar-refractivity contribution in [2.24, 2.45) is 0 Å². The van der Waals surface area contributed by atoms with E-state index in [0.717, 1.165) is 32.4 Å². The number of nitrogens with zero attached hydrogens (tertiary/aromatic N) is 1. The van der Waals surface area contributed by atoms with E-state index in [2.05, 4.69) is 14.4 Å². The van der Waals surface area contributed by atoms with Crippen LogP contribution in [0.15, 0.2) is 35.2 Å². The van der Waals surface area contributed by atoms with Gasteiger partial charge in [-0.15, -0.1) is 0 Å². The Morgan fingerprint density at radius 2 is 1.70 bits per heavy atom. The Balaban J connectivity index is 2.05. The molecule has 1 aliphatic rings. The molecule has 2 aromatic carbocycles. The highest BCUT2D eigenvalue weighted by molar-refractivity contribution is 7.92. The Labute approximate surface area is 185 Å². The first-order valence-electron chi connectivity index (χ1n) is 9.30. The van der Waals surface area contributed by atoms with Gasteiger partial charge in [0.2, 0.25) is 0 Å². The molecule has 30 heavy (non-hydrogen) atoms. The normalized spacial score (nSPS) is 14.3. The van der Waals surface area contributed by atoms with Crippen molar-refractivity contribution in [2.45, 2.75) is 24.2 Å². The van der Waals surface area contributed by atoms with Gasteiger partial charge in [-0.1, -0.05) is 23.2 Å². The Morgan fingerprint density at radius 3 is 2.33 bits per heavy atom. The van der Waals surface area contributed by atoms with Gasteiger partial charge in [-0.05, 0) is 49.6 Å². The maximum Gasteiger partial charge on any atom is 0.337 e. The predicted molar refractivity (Wildman–Crippen MR) is 118 cm³/mol. The van der Waals surface area contributed by atoms with Crippen LogP contribution >= 0.6 is 23.2 Å². The largest absolute Gasteiger partial charge is 0.495 e. The summed E-state index contributed by atoms with van der Waals surface area (Å²) in [5.74, 6) is -0.563. The lowest BCUT2D eigenvalue weighted by atomic mass is 10.1. The van der Waals surface area contributed by atoms with Crippen LogP contribution in [0.3, 0.4) is 0 Å². The lowest BCUT2D eigenvalue weighted by Crippen LogP contribution is -2.30. The van der Waals surface area contributed by atoms with Crippen LogP contribution in [-0.4, -0.2) is 41.7 Å². The summed E-state index contributed by atoms with van der Waals surface area (Å²) in [5, 5.41) is 0.566. The van der Waals surface area contributed by atoms with Gasteiger partial charge in [-0.3, -0.25) is 4.72 Å². The van der Waals surface area contributed by atoms with Crippen molar-refractivity contribution in [3.63, 3.8) is 0 Å². The first kappa shape index (κ1) is 22.5. The van der Waals surface area contributed by atoms with Crippen LogP contribution < -0.4 is 14.4 Å². The summed E-state index contributed by atoms with van der Waals surface area (Å²) in [4.78, 5) is 13.8. The van der Waals surface area contributed by atoms with Crippen LogP contribution in [0.1, 0.15) is 29.6 Å². The van der Waals surface area contributed by atoms with Gasteiger partial charge >= 0.3 is 5.97 Å². The first-order valence-corrected chi connectivity index (χ1v) is 11.5. The number of carbonyl (C=O) groups excluding carboxylic acids is 1. The number of anilines is 2. The molecule has 0 aliphatic carbocycles. The molecule has 0 saturated carbocycles. The summed E-state index contributed by atoms with van der Waals surface area (Å²) in [6.45, 7) is 1.57. The van der Waals surface area contributed by atoms with E-state index in [1.807, 2.05) is 0 Å². The van der Waals surface area contributed by atoms with Crippen molar-refractivity contribution in [1.29, 1.82) is 0 Å². The van der Waals surface area contributed by atoms with E-state index in [0.29, 0.717) is 16.4 Å². The Morgan fingerprint density at radius 1 is 1.03 bits per heavy atom. The number of carbonyl (C=O) groups is 1. The molecule has 3 rings (SSSR count). The molecule has 1 aliphatic heterocycles. The number of methoxy groups -OCH3 is 2. The molecule has 0 radical (unpaired) electrons. The molecule has 2 aromatic rings. The third-order valence-electron chi connectivity index (χ3n) is 4.85. The van der Waals surface area contributed by atoms with Gasteiger partial charge in [-0.2, -0.15) is 0 Å². The summed E-state index contributed by atoms with van der Waals surface area (Å²) < 4.78 is 38.9. The van der Waals surface area contributed by atoms with Crippen LogP contribution in [0.2, 0.25) is 10.0 Å². The van der Waals surface area contributed by atoms with E-state index >= 15 is 0 Å². The van der Waals surface area contributed by atoms with Gasteiger partial charge in [0.15, 0.2) is 0 Å². The predicted octanol–water partition coefficient (Wildman–Crippen LogP) is 4.58. The van der Waals surface area contributed by atoms with E-state index in [-0.39, 0.29) is 21.2 Å². The molecule has 162 valence electrons. The molecule has 7 nitrogen and oxygen atoms in total. The number of ether oxygens (including phenoxy) is 2. The fourth-order valence-electron chi connectivity index (χ4n) is 3.35. The van der Waals surface area contributed by atoms with E-state index in [1.54, 1.807) is 6.07 Å². The third-order valence-corrected chi connectivity index (χ3v) is 6.96. The lowest BCUT2D eigenvalue weighted by Gasteiger charge is -2.31. The highest BCUT2D eigenvalue weighted by Gasteiger charge is 2.25. The fourth-order valence-corrected chi connectivity index (χ4v) is 4.93. The minimum absolute atomic E-state index is 0.0871. The molecule has 10 heteroatoms. The lowest BCUT2D eigenvalue weighted by molar-refractivity contribution is 0.0600. The molecular weight excluding hydrogens is 451 g/mol. The van der Waals surface area contributed by atoms with E-state index in [4.69, 9.17) is 27.9 Å². The minimum Gasteiger partial charge on any atom is -0.495 e. The molecule has 0 aromatic heterocycles. The average molecular weight is 473 g/mol. The average Bonchev–Trinajstić information content (AvgIpc) is 2.75. The Hall–Kier alpha value is -2.16. The highest BCUT2D eigenvalue weighted by atomic mass is 35.5. The van der Waals surface area contributed by atoms with E-state index in [9.17, 15) is 13.2 Å². The number of benzene rings is 2. The molecule has 0 amide bonds. The molecule has 0 spiro atoms. The number of nitrogens with one attached hydrogen (secondary N) is 1. The van der Waals surface area contributed by atoms with Crippen LogP contribution in [0.4, 0.5) is 11.4 Å².